The summed E-state index contributed by atoms with van der Waals surface area (Å²) in [4.78, 5) is 11.8. The maximum atomic E-state index is 11.8. The molecule has 1 amide bonds. The molecule has 0 unspecified atom stereocenters. The van der Waals surface area contributed by atoms with E-state index in [9.17, 15) is 4.79 Å². The van der Waals surface area contributed by atoms with Gasteiger partial charge in [-0.25, -0.2) is 0 Å². The maximum Gasteiger partial charge on any atom is 0.250 e. The molecule has 2 N–H and O–H groups in total. The molecular weight excluding hydrogens is 304 g/mol. The minimum absolute atomic E-state index is 0.377. The first-order valence-corrected chi connectivity index (χ1v) is 8.53. The first kappa shape index (κ1) is 15.1. The van der Waals surface area contributed by atoms with Crippen molar-refractivity contribution in [2.45, 2.75) is 32.7 Å². The largest absolute Gasteiger partial charge is 0.490 e. The van der Waals surface area contributed by atoms with Crippen LogP contribution >= 0.6 is 0 Å². The molecule has 24 heavy (non-hydrogen) atoms. The van der Waals surface area contributed by atoms with E-state index in [1.807, 2.05) is 31.2 Å². The average molecular weight is 326 g/mol. The quantitative estimate of drug-likeness (QED) is 0.938. The second kappa shape index (κ2) is 5.89. The van der Waals surface area contributed by atoms with Crippen LogP contribution in [0.4, 0.5) is 0 Å². The molecule has 4 rings (SSSR count). The minimum atomic E-state index is -0.377. The summed E-state index contributed by atoms with van der Waals surface area (Å²) in [7, 11) is 0. The first-order valence-electron chi connectivity index (χ1n) is 8.53. The zero-order valence-corrected chi connectivity index (χ0v) is 13.9. The van der Waals surface area contributed by atoms with Gasteiger partial charge < -0.3 is 19.8 Å². The van der Waals surface area contributed by atoms with Gasteiger partial charge in [0.1, 0.15) is 0 Å². The molecule has 126 valence electrons. The van der Waals surface area contributed by atoms with Gasteiger partial charge in [-0.15, -0.1) is 0 Å². The lowest BCUT2D eigenvalue weighted by molar-refractivity contribution is 0.0999. The second-order valence-electron chi connectivity index (χ2n) is 6.66. The van der Waals surface area contributed by atoms with Crippen molar-refractivity contribution in [3.63, 3.8) is 0 Å². The topological polar surface area (TPSA) is 66.5 Å². The zero-order valence-electron chi connectivity index (χ0n) is 13.9. The molecule has 0 saturated heterocycles. The van der Waals surface area contributed by atoms with Crippen LogP contribution in [0.5, 0.6) is 11.5 Å². The van der Waals surface area contributed by atoms with E-state index in [1.165, 1.54) is 12.8 Å². The fourth-order valence-corrected chi connectivity index (χ4v) is 3.25. The predicted octanol–water partition coefficient (Wildman–Crippen LogP) is 3.13. The Kier molecular flexibility index (Phi) is 3.71. The van der Waals surface area contributed by atoms with Crippen molar-refractivity contribution in [2.75, 3.05) is 13.2 Å². The van der Waals surface area contributed by atoms with E-state index in [4.69, 9.17) is 15.2 Å². The summed E-state index contributed by atoms with van der Waals surface area (Å²) in [6.45, 7) is 4.23. The van der Waals surface area contributed by atoms with Gasteiger partial charge in [0.15, 0.2) is 11.5 Å². The van der Waals surface area contributed by atoms with Crippen LogP contribution in [0, 0.1) is 12.8 Å². The Morgan fingerprint density at radius 2 is 1.96 bits per heavy atom. The third-order valence-electron chi connectivity index (χ3n) is 4.81. The van der Waals surface area contributed by atoms with E-state index in [1.54, 1.807) is 0 Å². The van der Waals surface area contributed by atoms with Gasteiger partial charge in [-0.3, -0.25) is 4.79 Å². The fourth-order valence-electron chi connectivity index (χ4n) is 3.25. The van der Waals surface area contributed by atoms with Crippen LogP contribution < -0.4 is 15.2 Å². The molecule has 5 heteroatoms. The number of rotatable bonds is 4. The molecule has 0 atom stereocenters. The highest BCUT2D eigenvalue weighted by atomic mass is 16.5. The van der Waals surface area contributed by atoms with Crippen molar-refractivity contribution in [1.29, 1.82) is 0 Å². The summed E-state index contributed by atoms with van der Waals surface area (Å²) in [5.41, 5.74) is 9.13. The van der Waals surface area contributed by atoms with Gasteiger partial charge in [-0.05, 0) is 49.9 Å². The van der Waals surface area contributed by atoms with Crippen molar-refractivity contribution < 1.29 is 14.3 Å². The van der Waals surface area contributed by atoms with Gasteiger partial charge in [-0.1, -0.05) is 0 Å². The molecular formula is C19H22N2O3. The van der Waals surface area contributed by atoms with Gasteiger partial charge in [-0.2, -0.15) is 0 Å². The molecule has 1 aliphatic carbocycles. The molecule has 5 nitrogen and oxygen atoms in total. The predicted molar refractivity (Wildman–Crippen MR) is 91.5 cm³/mol. The smallest absolute Gasteiger partial charge is 0.250 e. The van der Waals surface area contributed by atoms with Crippen molar-refractivity contribution in [3.8, 4) is 22.8 Å². The van der Waals surface area contributed by atoms with Crippen molar-refractivity contribution in [1.82, 2.24) is 4.57 Å². The number of aromatic nitrogens is 1. The summed E-state index contributed by atoms with van der Waals surface area (Å²) in [6, 6.07) is 7.88. The maximum absolute atomic E-state index is 11.8. The van der Waals surface area contributed by atoms with Gasteiger partial charge >= 0.3 is 0 Å². The highest BCUT2D eigenvalue weighted by Gasteiger charge is 2.26. The average Bonchev–Trinajstić information content (AvgIpc) is 3.35. The Balaban J connectivity index is 1.78. The zero-order chi connectivity index (χ0) is 16.7. The van der Waals surface area contributed by atoms with E-state index in [0.717, 1.165) is 41.4 Å². The Labute approximate surface area is 141 Å². The normalized spacial score (nSPS) is 16.7. The lowest BCUT2D eigenvalue weighted by atomic mass is 10.1. The number of hydrogen-bond donors (Lipinski definition) is 1. The Morgan fingerprint density at radius 1 is 1.21 bits per heavy atom. The number of carbonyl (C=O) groups is 1. The molecule has 1 aromatic carbocycles. The Morgan fingerprint density at radius 3 is 2.67 bits per heavy atom. The van der Waals surface area contributed by atoms with Crippen LogP contribution in [0.3, 0.4) is 0 Å². The number of nitrogens with two attached hydrogens (primary N) is 1. The van der Waals surface area contributed by atoms with Gasteiger partial charge in [0.25, 0.3) is 5.91 Å². The molecule has 2 heterocycles. The number of hydrogen-bond acceptors (Lipinski definition) is 3. The second-order valence-corrected chi connectivity index (χ2v) is 6.66. The number of amides is 1. The SMILES string of the molecule is Cc1c(C(N)=O)cc(-c2ccc3c(c2)OCCCO3)n1CC1CC1. The summed E-state index contributed by atoms with van der Waals surface area (Å²) >= 11 is 0. The monoisotopic (exact) mass is 326 g/mol. The third kappa shape index (κ3) is 2.75. The third-order valence-corrected chi connectivity index (χ3v) is 4.81. The summed E-state index contributed by atoms with van der Waals surface area (Å²) in [5.74, 6) is 1.87. The highest BCUT2D eigenvalue weighted by molar-refractivity contribution is 5.95. The summed E-state index contributed by atoms with van der Waals surface area (Å²) in [6.07, 6.45) is 3.39. The number of primary amides is 1. The number of benzene rings is 1. The number of nitrogens with zero attached hydrogens (tertiary/aromatic N) is 1. The standard InChI is InChI=1S/C19H22N2O3/c1-12-15(19(20)22)10-16(21(12)11-13-3-4-13)14-5-6-17-18(9-14)24-8-2-7-23-17/h5-6,9-10,13H,2-4,7-8,11H2,1H3,(H2,20,22). The molecule has 1 aliphatic heterocycles. The lowest BCUT2D eigenvalue weighted by Crippen LogP contribution is -2.12. The van der Waals surface area contributed by atoms with Crippen LogP contribution in [0.1, 0.15) is 35.3 Å². The Bertz CT molecular complexity index is 790. The number of fused-ring (bicyclic) bond motifs is 1. The number of carbonyl (C=O) groups excluding carboxylic acids is 1. The first-order chi connectivity index (χ1) is 11.6. The summed E-state index contributed by atoms with van der Waals surface area (Å²) < 4.78 is 13.7. The molecule has 1 aromatic heterocycles. The van der Waals surface area contributed by atoms with Crippen LogP contribution in [-0.2, 0) is 6.54 Å². The van der Waals surface area contributed by atoms with Crippen molar-refractivity contribution >= 4 is 5.91 Å². The highest BCUT2D eigenvalue weighted by Crippen LogP contribution is 2.38. The minimum Gasteiger partial charge on any atom is -0.490 e. The number of ether oxygens (including phenoxy) is 2. The van der Waals surface area contributed by atoms with Crippen molar-refractivity contribution in [2.24, 2.45) is 11.7 Å². The molecule has 2 aliphatic rings. The molecule has 0 spiro atoms. The van der Waals surface area contributed by atoms with Crippen LogP contribution in [0.15, 0.2) is 24.3 Å². The Hall–Kier alpha value is -2.43. The van der Waals surface area contributed by atoms with Crippen LogP contribution in [0.2, 0.25) is 0 Å². The molecule has 2 aromatic rings. The van der Waals surface area contributed by atoms with E-state index in [2.05, 4.69) is 4.57 Å². The van der Waals surface area contributed by atoms with Gasteiger partial charge in [0.2, 0.25) is 0 Å². The van der Waals surface area contributed by atoms with E-state index < -0.39 is 0 Å². The molecule has 1 fully saturated rings. The van der Waals surface area contributed by atoms with Crippen molar-refractivity contribution in [3.05, 3.63) is 35.5 Å². The lowest BCUT2D eigenvalue weighted by Gasteiger charge is -2.13. The van der Waals surface area contributed by atoms with E-state index >= 15 is 0 Å². The molecule has 0 radical (unpaired) electrons. The van der Waals surface area contributed by atoms with E-state index in [-0.39, 0.29) is 5.91 Å². The van der Waals surface area contributed by atoms with Gasteiger partial charge in [0, 0.05) is 29.9 Å². The molecule has 0 bridgehead atoms. The summed E-state index contributed by atoms with van der Waals surface area (Å²) in [5, 5.41) is 0. The van der Waals surface area contributed by atoms with E-state index in [0.29, 0.717) is 24.7 Å². The van der Waals surface area contributed by atoms with Gasteiger partial charge in [0.05, 0.1) is 18.8 Å². The fraction of sp³-hybridized carbons (Fsp3) is 0.421. The molecule has 1 saturated carbocycles. The van der Waals surface area contributed by atoms with Crippen LogP contribution in [-0.4, -0.2) is 23.7 Å². The van der Waals surface area contributed by atoms with Crippen LogP contribution in [0.25, 0.3) is 11.3 Å².